The van der Waals surface area contributed by atoms with Gasteiger partial charge in [0.1, 0.15) is 5.01 Å². The Kier molecular flexibility index (Phi) is 3.68. The molecule has 3 heterocycles. The molecule has 0 spiro atoms. The molecule has 22 heavy (non-hydrogen) atoms. The van der Waals surface area contributed by atoms with Gasteiger partial charge in [-0.2, -0.15) is 0 Å². The average Bonchev–Trinajstić information content (AvgIpc) is 3.16. The summed E-state index contributed by atoms with van der Waals surface area (Å²) < 4.78 is 1.16. The van der Waals surface area contributed by atoms with Gasteiger partial charge < -0.3 is 4.90 Å². The Balaban J connectivity index is 1.55. The van der Waals surface area contributed by atoms with Crippen molar-refractivity contribution in [1.82, 2.24) is 9.97 Å². The number of pyridine rings is 1. The topological polar surface area (TPSA) is 29.0 Å². The van der Waals surface area contributed by atoms with E-state index in [4.69, 9.17) is 0 Å². The zero-order chi connectivity index (χ0) is 14.9. The van der Waals surface area contributed by atoms with E-state index < -0.39 is 0 Å². The average molecular weight is 372 g/mol. The Bertz CT molecular complexity index is 801. The van der Waals surface area contributed by atoms with E-state index in [1.807, 2.05) is 30.7 Å². The van der Waals surface area contributed by atoms with Crippen molar-refractivity contribution in [3.8, 4) is 10.6 Å². The van der Waals surface area contributed by atoms with Crippen LogP contribution in [0, 0.1) is 0 Å². The number of hydrogen-bond donors (Lipinski definition) is 0. The van der Waals surface area contributed by atoms with E-state index in [0.29, 0.717) is 0 Å². The standard InChI is InChI=1S/C17H14BrN3S/c18-14-1-2-16-13(9-14)5-8-21(16)11-15-10-20-17(22-15)12-3-6-19-7-4-12/h1-4,6-7,9-10H,5,8,11H2. The van der Waals surface area contributed by atoms with Gasteiger partial charge in [-0.15, -0.1) is 11.3 Å². The van der Waals surface area contributed by atoms with Gasteiger partial charge in [0, 0.05) is 45.7 Å². The molecule has 0 atom stereocenters. The normalized spacial score (nSPS) is 13.4. The van der Waals surface area contributed by atoms with Gasteiger partial charge in [0.25, 0.3) is 0 Å². The predicted octanol–water partition coefficient (Wildman–Crippen LogP) is 4.53. The molecule has 0 bridgehead atoms. The van der Waals surface area contributed by atoms with Crippen LogP contribution in [-0.4, -0.2) is 16.5 Å². The maximum absolute atomic E-state index is 4.56. The molecule has 0 N–H and O–H groups in total. The first-order chi connectivity index (χ1) is 10.8. The van der Waals surface area contributed by atoms with Crippen molar-refractivity contribution in [2.24, 2.45) is 0 Å². The Morgan fingerprint density at radius 1 is 1.18 bits per heavy atom. The number of thiazole rings is 1. The molecular weight excluding hydrogens is 358 g/mol. The number of hydrogen-bond acceptors (Lipinski definition) is 4. The van der Waals surface area contributed by atoms with E-state index in [9.17, 15) is 0 Å². The van der Waals surface area contributed by atoms with Crippen LogP contribution in [-0.2, 0) is 13.0 Å². The Hall–Kier alpha value is -1.72. The van der Waals surface area contributed by atoms with Crippen LogP contribution >= 0.6 is 27.3 Å². The molecule has 1 aliphatic heterocycles. The smallest absolute Gasteiger partial charge is 0.123 e. The molecule has 2 aromatic heterocycles. The lowest BCUT2D eigenvalue weighted by Crippen LogP contribution is -2.18. The van der Waals surface area contributed by atoms with Crippen molar-refractivity contribution in [3.63, 3.8) is 0 Å². The fraction of sp³-hybridized carbons (Fsp3) is 0.176. The maximum atomic E-state index is 4.56. The molecule has 0 amide bonds. The highest BCUT2D eigenvalue weighted by molar-refractivity contribution is 9.10. The summed E-state index contributed by atoms with van der Waals surface area (Å²) in [7, 11) is 0. The fourth-order valence-corrected chi connectivity index (χ4v) is 4.14. The number of nitrogens with zero attached hydrogens (tertiary/aromatic N) is 3. The van der Waals surface area contributed by atoms with E-state index in [1.54, 1.807) is 11.3 Å². The third-order valence-corrected chi connectivity index (χ3v) is 5.39. The number of rotatable bonds is 3. The quantitative estimate of drug-likeness (QED) is 0.677. The minimum atomic E-state index is 0.928. The van der Waals surface area contributed by atoms with Gasteiger partial charge in [0.05, 0.1) is 6.54 Å². The largest absolute Gasteiger partial charge is 0.366 e. The number of fused-ring (bicyclic) bond motifs is 1. The molecule has 4 rings (SSSR count). The Labute approximate surface area is 141 Å². The highest BCUT2D eigenvalue weighted by Gasteiger charge is 2.20. The van der Waals surface area contributed by atoms with Crippen LogP contribution in [0.15, 0.2) is 53.4 Å². The Morgan fingerprint density at radius 3 is 2.91 bits per heavy atom. The second-order valence-electron chi connectivity index (χ2n) is 5.31. The van der Waals surface area contributed by atoms with Crippen molar-refractivity contribution < 1.29 is 0 Å². The predicted molar refractivity (Wildman–Crippen MR) is 94.2 cm³/mol. The van der Waals surface area contributed by atoms with Gasteiger partial charge in [-0.25, -0.2) is 4.98 Å². The monoisotopic (exact) mass is 371 g/mol. The van der Waals surface area contributed by atoms with Crippen molar-refractivity contribution in [2.45, 2.75) is 13.0 Å². The van der Waals surface area contributed by atoms with E-state index in [-0.39, 0.29) is 0 Å². The molecule has 110 valence electrons. The summed E-state index contributed by atoms with van der Waals surface area (Å²) in [5.74, 6) is 0. The lowest BCUT2D eigenvalue weighted by molar-refractivity contribution is 0.844. The minimum Gasteiger partial charge on any atom is -0.366 e. The van der Waals surface area contributed by atoms with Crippen LogP contribution in [0.4, 0.5) is 5.69 Å². The summed E-state index contributed by atoms with van der Waals surface area (Å²) in [5, 5.41) is 1.06. The molecule has 0 aliphatic carbocycles. The van der Waals surface area contributed by atoms with Gasteiger partial charge in [-0.3, -0.25) is 4.98 Å². The van der Waals surface area contributed by atoms with Crippen LogP contribution in [0.2, 0.25) is 0 Å². The van der Waals surface area contributed by atoms with E-state index >= 15 is 0 Å². The first-order valence-electron chi connectivity index (χ1n) is 7.18. The van der Waals surface area contributed by atoms with Crippen molar-refractivity contribution in [3.05, 3.63) is 63.8 Å². The van der Waals surface area contributed by atoms with Crippen LogP contribution in [0.1, 0.15) is 10.4 Å². The van der Waals surface area contributed by atoms with Gasteiger partial charge in [0.2, 0.25) is 0 Å². The van der Waals surface area contributed by atoms with E-state index in [0.717, 1.165) is 34.6 Å². The number of anilines is 1. The second-order valence-corrected chi connectivity index (χ2v) is 7.34. The molecule has 0 saturated heterocycles. The molecule has 0 fully saturated rings. The number of halogens is 1. The third-order valence-electron chi connectivity index (χ3n) is 3.86. The van der Waals surface area contributed by atoms with Crippen LogP contribution in [0.25, 0.3) is 10.6 Å². The van der Waals surface area contributed by atoms with Crippen molar-refractivity contribution in [2.75, 3.05) is 11.4 Å². The molecule has 1 aliphatic rings. The molecule has 3 nitrogen and oxygen atoms in total. The fourth-order valence-electron chi connectivity index (χ4n) is 2.80. The van der Waals surface area contributed by atoms with Gasteiger partial charge in [0.15, 0.2) is 0 Å². The summed E-state index contributed by atoms with van der Waals surface area (Å²) in [6, 6.07) is 10.6. The van der Waals surface area contributed by atoms with Crippen molar-refractivity contribution in [1.29, 1.82) is 0 Å². The number of aromatic nitrogens is 2. The van der Waals surface area contributed by atoms with Gasteiger partial charge >= 0.3 is 0 Å². The minimum absolute atomic E-state index is 0.928. The highest BCUT2D eigenvalue weighted by atomic mass is 79.9. The molecule has 5 heteroatoms. The summed E-state index contributed by atoms with van der Waals surface area (Å²) in [6.45, 7) is 2.01. The molecule has 1 aromatic carbocycles. The molecule has 3 aromatic rings. The van der Waals surface area contributed by atoms with Gasteiger partial charge in [-0.1, -0.05) is 15.9 Å². The maximum Gasteiger partial charge on any atom is 0.123 e. The van der Waals surface area contributed by atoms with Crippen LogP contribution in [0.5, 0.6) is 0 Å². The molecular formula is C17H14BrN3S. The lowest BCUT2D eigenvalue weighted by atomic mass is 10.2. The third kappa shape index (κ3) is 2.66. The second kappa shape index (κ2) is 5.82. The highest BCUT2D eigenvalue weighted by Crippen LogP contribution is 2.33. The Morgan fingerprint density at radius 2 is 2.05 bits per heavy atom. The summed E-state index contributed by atoms with van der Waals surface area (Å²) in [5.41, 5.74) is 3.91. The van der Waals surface area contributed by atoms with Crippen molar-refractivity contribution >= 4 is 33.0 Å². The zero-order valence-corrected chi connectivity index (χ0v) is 14.3. The summed E-state index contributed by atoms with van der Waals surface area (Å²) in [4.78, 5) is 12.3. The van der Waals surface area contributed by atoms with E-state index in [1.165, 1.54) is 16.1 Å². The van der Waals surface area contributed by atoms with Gasteiger partial charge in [-0.05, 0) is 42.3 Å². The lowest BCUT2D eigenvalue weighted by Gasteiger charge is -2.18. The first-order valence-corrected chi connectivity index (χ1v) is 8.79. The molecule has 0 saturated carbocycles. The molecule has 0 unspecified atom stereocenters. The van der Waals surface area contributed by atoms with E-state index in [2.05, 4.69) is 49.0 Å². The summed E-state index contributed by atoms with van der Waals surface area (Å²) in [6.07, 6.45) is 6.73. The SMILES string of the molecule is Brc1ccc2c(c1)CCN2Cc1cnc(-c2ccncc2)s1. The van der Waals surface area contributed by atoms with Crippen LogP contribution in [0.3, 0.4) is 0 Å². The zero-order valence-electron chi connectivity index (χ0n) is 11.9. The molecule has 0 radical (unpaired) electrons. The number of benzene rings is 1. The first kappa shape index (κ1) is 13.9. The summed E-state index contributed by atoms with van der Waals surface area (Å²) >= 11 is 5.31. The van der Waals surface area contributed by atoms with Crippen LogP contribution < -0.4 is 4.90 Å².